The quantitative estimate of drug-likeness (QED) is 0.700. The van der Waals surface area contributed by atoms with Crippen LogP contribution >= 0.6 is 0 Å². The molecular weight excluding hydrogens is 184 g/mol. The zero-order valence-corrected chi connectivity index (χ0v) is 8.58. The summed E-state index contributed by atoms with van der Waals surface area (Å²) in [7, 11) is 0. The van der Waals surface area contributed by atoms with Crippen molar-refractivity contribution in [2.24, 2.45) is 11.3 Å². The van der Waals surface area contributed by atoms with E-state index in [-0.39, 0.29) is 11.9 Å². The van der Waals surface area contributed by atoms with Gasteiger partial charge in [0.05, 0.1) is 17.9 Å². The van der Waals surface area contributed by atoms with E-state index in [2.05, 4.69) is 0 Å². The van der Waals surface area contributed by atoms with E-state index in [4.69, 9.17) is 9.84 Å². The minimum atomic E-state index is -0.815. The Morgan fingerprint density at radius 1 is 1.57 bits per heavy atom. The fourth-order valence-electron chi connectivity index (χ4n) is 1.90. The molecule has 0 amide bonds. The van der Waals surface area contributed by atoms with Crippen LogP contribution in [0.5, 0.6) is 0 Å². The summed E-state index contributed by atoms with van der Waals surface area (Å²) in [6, 6.07) is 0. The molecule has 1 aliphatic carbocycles. The first-order chi connectivity index (χ1) is 6.49. The summed E-state index contributed by atoms with van der Waals surface area (Å²) >= 11 is 0. The van der Waals surface area contributed by atoms with E-state index in [9.17, 15) is 9.59 Å². The number of ether oxygens (including phenoxy) is 1. The summed E-state index contributed by atoms with van der Waals surface area (Å²) in [5.41, 5.74) is -0.739. The van der Waals surface area contributed by atoms with Gasteiger partial charge in [-0.05, 0) is 33.1 Å². The SMILES string of the molecule is CCOC(=O)[C@@H]1CC[C@@](C)(C(=O)O)C1. The third kappa shape index (κ3) is 2.05. The van der Waals surface area contributed by atoms with Gasteiger partial charge < -0.3 is 9.84 Å². The second-order valence-corrected chi connectivity index (χ2v) is 4.06. The van der Waals surface area contributed by atoms with E-state index >= 15 is 0 Å². The molecule has 0 aromatic rings. The van der Waals surface area contributed by atoms with Crippen molar-refractivity contribution in [2.75, 3.05) is 6.61 Å². The molecule has 1 N–H and O–H groups in total. The van der Waals surface area contributed by atoms with Crippen LogP contribution in [0.3, 0.4) is 0 Å². The van der Waals surface area contributed by atoms with Crippen LogP contribution in [0.2, 0.25) is 0 Å². The van der Waals surface area contributed by atoms with E-state index in [0.29, 0.717) is 25.9 Å². The van der Waals surface area contributed by atoms with Gasteiger partial charge in [-0.25, -0.2) is 0 Å². The lowest BCUT2D eigenvalue weighted by molar-refractivity contribution is -0.150. The Labute approximate surface area is 83.2 Å². The molecule has 1 fully saturated rings. The minimum absolute atomic E-state index is 0.226. The first-order valence-electron chi connectivity index (χ1n) is 4.89. The van der Waals surface area contributed by atoms with Crippen molar-refractivity contribution in [1.82, 2.24) is 0 Å². The highest BCUT2D eigenvalue weighted by molar-refractivity contribution is 5.78. The van der Waals surface area contributed by atoms with Crippen LogP contribution in [0.4, 0.5) is 0 Å². The Morgan fingerprint density at radius 2 is 2.21 bits per heavy atom. The maximum Gasteiger partial charge on any atom is 0.309 e. The second-order valence-electron chi connectivity index (χ2n) is 4.06. The van der Waals surface area contributed by atoms with Crippen LogP contribution in [0.25, 0.3) is 0 Å². The van der Waals surface area contributed by atoms with Crippen molar-refractivity contribution in [2.45, 2.75) is 33.1 Å². The van der Waals surface area contributed by atoms with Gasteiger partial charge in [0.1, 0.15) is 0 Å². The van der Waals surface area contributed by atoms with Gasteiger partial charge in [-0.3, -0.25) is 9.59 Å². The molecule has 2 atom stereocenters. The molecule has 0 unspecified atom stereocenters. The second kappa shape index (κ2) is 3.98. The van der Waals surface area contributed by atoms with Gasteiger partial charge in [-0.15, -0.1) is 0 Å². The van der Waals surface area contributed by atoms with Crippen LogP contribution in [-0.4, -0.2) is 23.7 Å². The lowest BCUT2D eigenvalue weighted by Crippen LogP contribution is -2.25. The zero-order valence-electron chi connectivity index (χ0n) is 8.58. The first-order valence-corrected chi connectivity index (χ1v) is 4.89. The van der Waals surface area contributed by atoms with Gasteiger partial charge in [-0.1, -0.05) is 0 Å². The number of rotatable bonds is 3. The smallest absolute Gasteiger partial charge is 0.309 e. The van der Waals surface area contributed by atoms with Gasteiger partial charge in [0.2, 0.25) is 0 Å². The number of aliphatic carboxylic acids is 1. The standard InChI is InChI=1S/C10H16O4/c1-3-14-8(11)7-4-5-10(2,6-7)9(12)13/h7H,3-6H2,1-2H3,(H,12,13)/t7-,10-/m1/s1. The van der Waals surface area contributed by atoms with E-state index in [0.717, 1.165) is 0 Å². The van der Waals surface area contributed by atoms with E-state index in [1.165, 1.54) is 0 Å². The maximum atomic E-state index is 11.3. The van der Waals surface area contributed by atoms with Gasteiger partial charge >= 0.3 is 11.9 Å². The highest BCUT2D eigenvalue weighted by Crippen LogP contribution is 2.42. The Hall–Kier alpha value is -1.06. The van der Waals surface area contributed by atoms with E-state index in [1.54, 1.807) is 13.8 Å². The van der Waals surface area contributed by atoms with Crippen LogP contribution in [0.15, 0.2) is 0 Å². The topological polar surface area (TPSA) is 63.6 Å². The van der Waals surface area contributed by atoms with Crippen molar-refractivity contribution in [1.29, 1.82) is 0 Å². The third-order valence-corrected chi connectivity index (χ3v) is 2.88. The molecule has 0 radical (unpaired) electrons. The average Bonchev–Trinajstić information content (AvgIpc) is 2.50. The lowest BCUT2D eigenvalue weighted by atomic mass is 9.88. The van der Waals surface area contributed by atoms with Crippen molar-refractivity contribution in [3.05, 3.63) is 0 Å². The number of hydrogen-bond acceptors (Lipinski definition) is 3. The van der Waals surface area contributed by atoms with Crippen molar-refractivity contribution < 1.29 is 19.4 Å². The summed E-state index contributed by atoms with van der Waals surface area (Å²) in [5, 5.41) is 8.95. The molecule has 0 aromatic carbocycles. The molecule has 0 bridgehead atoms. The van der Waals surface area contributed by atoms with Crippen LogP contribution in [-0.2, 0) is 14.3 Å². The molecule has 14 heavy (non-hydrogen) atoms. The van der Waals surface area contributed by atoms with Crippen molar-refractivity contribution >= 4 is 11.9 Å². The predicted octanol–water partition coefficient (Wildman–Crippen LogP) is 1.44. The highest BCUT2D eigenvalue weighted by Gasteiger charge is 2.44. The third-order valence-electron chi connectivity index (χ3n) is 2.88. The molecule has 1 rings (SSSR count). The molecule has 1 aliphatic rings. The van der Waals surface area contributed by atoms with E-state index < -0.39 is 11.4 Å². The normalized spacial score (nSPS) is 31.4. The number of esters is 1. The summed E-state index contributed by atoms with van der Waals surface area (Å²) in [6.45, 7) is 3.80. The lowest BCUT2D eigenvalue weighted by Gasteiger charge is -2.17. The van der Waals surface area contributed by atoms with Crippen LogP contribution in [0.1, 0.15) is 33.1 Å². The average molecular weight is 200 g/mol. The molecule has 1 saturated carbocycles. The fraction of sp³-hybridized carbons (Fsp3) is 0.800. The van der Waals surface area contributed by atoms with Gasteiger partial charge in [0.25, 0.3) is 0 Å². The molecular formula is C10H16O4. The molecule has 4 nitrogen and oxygen atoms in total. The summed E-state index contributed by atoms with van der Waals surface area (Å²) < 4.78 is 4.87. The summed E-state index contributed by atoms with van der Waals surface area (Å²) in [5.74, 6) is -1.29. The van der Waals surface area contributed by atoms with Crippen LogP contribution in [0, 0.1) is 11.3 Å². The number of carbonyl (C=O) groups excluding carboxylic acids is 1. The molecule has 0 spiro atoms. The molecule has 80 valence electrons. The minimum Gasteiger partial charge on any atom is -0.481 e. The van der Waals surface area contributed by atoms with E-state index in [1.807, 2.05) is 0 Å². The molecule has 4 heteroatoms. The number of carbonyl (C=O) groups is 2. The Morgan fingerprint density at radius 3 is 2.64 bits per heavy atom. The largest absolute Gasteiger partial charge is 0.481 e. The maximum absolute atomic E-state index is 11.3. The van der Waals surface area contributed by atoms with Crippen molar-refractivity contribution in [3.63, 3.8) is 0 Å². The molecule has 0 saturated heterocycles. The van der Waals surface area contributed by atoms with Crippen LogP contribution < -0.4 is 0 Å². The van der Waals surface area contributed by atoms with Gasteiger partial charge in [0, 0.05) is 0 Å². The predicted molar refractivity (Wildman–Crippen MR) is 49.7 cm³/mol. The number of hydrogen-bond donors (Lipinski definition) is 1. The Bertz CT molecular complexity index is 249. The number of carboxylic acids is 1. The summed E-state index contributed by atoms with van der Waals surface area (Å²) in [6.07, 6.45) is 1.59. The van der Waals surface area contributed by atoms with Gasteiger partial charge in [-0.2, -0.15) is 0 Å². The number of carboxylic acid groups (broad SMARTS) is 1. The first kappa shape index (κ1) is 11.0. The molecule has 0 aromatic heterocycles. The molecule has 0 heterocycles. The van der Waals surface area contributed by atoms with Crippen molar-refractivity contribution in [3.8, 4) is 0 Å². The fourth-order valence-corrected chi connectivity index (χ4v) is 1.90. The van der Waals surface area contributed by atoms with Gasteiger partial charge in [0.15, 0.2) is 0 Å². The monoisotopic (exact) mass is 200 g/mol. The Kier molecular flexibility index (Phi) is 3.13. The zero-order chi connectivity index (χ0) is 10.8. The molecule has 0 aliphatic heterocycles. The highest BCUT2D eigenvalue weighted by atomic mass is 16.5. The Balaban J connectivity index is 2.56. The summed E-state index contributed by atoms with van der Waals surface area (Å²) in [4.78, 5) is 22.2.